The van der Waals surface area contributed by atoms with E-state index in [4.69, 9.17) is 5.73 Å². The summed E-state index contributed by atoms with van der Waals surface area (Å²) in [5, 5.41) is 6.94. The molecule has 3 aromatic rings. The van der Waals surface area contributed by atoms with Crippen molar-refractivity contribution in [1.29, 1.82) is 0 Å². The Kier molecular flexibility index (Phi) is 6.27. The number of hydrogen-bond donors (Lipinski definition) is 4. The third-order valence-electron chi connectivity index (χ3n) is 3.81. The summed E-state index contributed by atoms with van der Waals surface area (Å²) in [7, 11) is -3.77. The van der Waals surface area contributed by atoms with Gasteiger partial charge in [-0.15, -0.1) is 11.3 Å². The first-order valence-corrected chi connectivity index (χ1v) is 10.8. The maximum atomic E-state index is 12.5. The van der Waals surface area contributed by atoms with Crippen LogP contribution < -0.4 is 21.1 Å². The summed E-state index contributed by atoms with van der Waals surface area (Å²) in [6.07, 6.45) is 0. The lowest BCUT2D eigenvalue weighted by Crippen LogP contribution is -2.23. The van der Waals surface area contributed by atoms with E-state index < -0.39 is 22.0 Å². The van der Waals surface area contributed by atoms with Crippen molar-refractivity contribution < 1.29 is 18.0 Å². The Morgan fingerprint density at radius 1 is 0.931 bits per heavy atom. The molecule has 0 radical (unpaired) electrons. The van der Waals surface area contributed by atoms with Gasteiger partial charge in [0, 0.05) is 28.4 Å². The average molecular weight is 431 g/mol. The van der Waals surface area contributed by atoms with E-state index in [1.807, 2.05) is 17.5 Å². The number of hydrogen-bond acceptors (Lipinski definition) is 5. The molecular formula is C19H18N4O4S2. The second-order valence-corrected chi connectivity index (χ2v) is 8.76. The predicted octanol–water partition coefficient (Wildman–Crippen LogP) is 2.97. The van der Waals surface area contributed by atoms with Crippen molar-refractivity contribution in [2.45, 2.75) is 11.4 Å². The van der Waals surface area contributed by atoms with E-state index in [2.05, 4.69) is 15.4 Å². The van der Waals surface area contributed by atoms with E-state index in [1.54, 1.807) is 18.2 Å². The molecule has 0 saturated carbocycles. The molecule has 150 valence electrons. The SMILES string of the molecule is NC(=O)Nc1cccc(NC(=O)c2cccc(S(=O)(=O)NCc3cccs3)c2)c1. The van der Waals surface area contributed by atoms with Gasteiger partial charge >= 0.3 is 6.03 Å². The third-order valence-corrected chi connectivity index (χ3v) is 6.09. The lowest BCUT2D eigenvalue weighted by Gasteiger charge is -2.10. The minimum Gasteiger partial charge on any atom is -0.351 e. The van der Waals surface area contributed by atoms with Crippen molar-refractivity contribution in [3.05, 3.63) is 76.5 Å². The van der Waals surface area contributed by atoms with Crippen molar-refractivity contribution in [1.82, 2.24) is 4.72 Å². The first-order valence-electron chi connectivity index (χ1n) is 8.43. The number of amides is 3. The second-order valence-electron chi connectivity index (χ2n) is 5.96. The number of primary amides is 1. The van der Waals surface area contributed by atoms with E-state index in [1.165, 1.54) is 41.7 Å². The number of rotatable bonds is 7. The smallest absolute Gasteiger partial charge is 0.316 e. The maximum absolute atomic E-state index is 12.5. The van der Waals surface area contributed by atoms with Crippen LogP contribution in [0, 0.1) is 0 Å². The summed E-state index contributed by atoms with van der Waals surface area (Å²) in [5.41, 5.74) is 6.10. The summed E-state index contributed by atoms with van der Waals surface area (Å²) < 4.78 is 27.6. The number of urea groups is 1. The van der Waals surface area contributed by atoms with Crippen LogP contribution in [0.3, 0.4) is 0 Å². The van der Waals surface area contributed by atoms with Crippen LogP contribution in [-0.4, -0.2) is 20.4 Å². The molecule has 2 aromatic carbocycles. The molecule has 0 fully saturated rings. The van der Waals surface area contributed by atoms with Crippen LogP contribution in [0.5, 0.6) is 0 Å². The minimum atomic E-state index is -3.77. The molecule has 0 spiro atoms. The minimum absolute atomic E-state index is 0.00847. The highest BCUT2D eigenvalue weighted by Gasteiger charge is 2.16. The first kappa shape index (κ1) is 20.5. The van der Waals surface area contributed by atoms with Crippen LogP contribution in [0.1, 0.15) is 15.2 Å². The number of benzene rings is 2. The third kappa shape index (κ3) is 5.64. The molecule has 0 bridgehead atoms. The van der Waals surface area contributed by atoms with Gasteiger partial charge in [-0.3, -0.25) is 4.79 Å². The Hall–Kier alpha value is -3.21. The highest BCUT2D eigenvalue weighted by molar-refractivity contribution is 7.89. The van der Waals surface area contributed by atoms with Gasteiger partial charge in [-0.2, -0.15) is 0 Å². The van der Waals surface area contributed by atoms with Crippen molar-refractivity contribution in [3.8, 4) is 0 Å². The predicted molar refractivity (Wildman–Crippen MR) is 112 cm³/mol. The van der Waals surface area contributed by atoms with Gasteiger partial charge in [0.25, 0.3) is 5.91 Å². The maximum Gasteiger partial charge on any atom is 0.316 e. The Balaban J connectivity index is 1.73. The zero-order chi connectivity index (χ0) is 20.9. The van der Waals surface area contributed by atoms with Gasteiger partial charge in [0.05, 0.1) is 4.90 Å². The number of anilines is 2. The molecule has 0 aliphatic rings. The number of sulfonamides is 1. The molecule has 0 aliphatic heterocycles. The summed E-state index contributed by atoms with van der Waals surface area (Å²) in [6, 6.07) is 15.1. The fourth-order valence-electron chi connectivity index (χ4n) is 2.49. The molecule has 29 heavy (non-hydrogen) atoms. The van der Waals surface area contributed by atoms with Gasteiger partial charge < -0.3 is 16.4 Å². The second kappa shape index (κ2) is 8.86. The van der Waals surface area contributed by atoms with Gasteiger partial charge in [0.15, 0.2) is 0 Å². The summed E-state index contributed by atoms with van der Waals surface area (Å²) in [4.78, 5) is 24.4. The topological polar surface area (TPSA) is 130 Å². The van der Waals surface area contributed by atoms with E-state index in [-0.39, 0.29) is 17.0 Å². The molecule has 1 heterocycles. The summed E-state index contributed by atoms with van der Waals surface area (Å²) in [6.45, 7) is 0.177. The van der Waals surface area contributed by atoms with Crippen LogP contribution in [-0.2, 0) is 16.6 Å². The lowest BCUT2D eigenvalue weighted by molar-refractivity contribution is 0.102. The molecule has 10 heteroatoms. The highest BCUT2D eigenvalue weighted by Crippen LogP contribution is 2.18. The fraction of sp³-hybridized carbons (Fsp3) is 0.0526. The first-order chi connectivity index (χ1) is 13.8. The molecule has 0 unspecified atom stereocenters. The van der Waals surface area contributed by atoms with Crippen molar-refractivity contribution in [2.75, 3.05) is 10.6 Å². The van der Waals surface area contributed by atoms with Crippen molar-refractivity contribution in [2.24, 2.45) is 5.73 Å². The molecule has 0 atom stereocenters. The van der Waals surface area contributed by atoms with Gasteiger partial charge in [0.2, 0.25) is 10.0 Å². The van der Waals surface area contributed by atoms with E-state index in [0.717, 1.165) is 4.88 Å². The average Bonchev–Trinajstić information content (AvgIpc) is 3.20. The van der Waals surface area contributed by atoms with Crippen LogP contribution in [0.2, 0.25) is 0 Å². The van der Waals surface area contributed by atoms with Gasteiger partial charge in [-0.05, 0) is 47.8 Å². The van der Waals surface area contributed by atoms with Gasteiger partial charge in [-0.25, -0.2) is 17.9 Å². The van der Waals surface area contributed by atoms with E-state index in [9.17, 15) is 18.0 Å². The normalized spacial score (nSPS) is 11.0. The number of nitrogens with one attached hydrogen (secondary N) is 3. The molecule has 0 aliphatic carbocycles. The monoisotopic (exact) mass is 430 g/mol. The quantitative estimate of drug-likeness (QED) is 0.459. The van der Waals surface area contributed by atoms with Crippen LogP contribution in [0.4, 0.5) is 16.2 Å². The molecule has 1 aromatic heterocycles. The molecule has 3 rings (SSSR count). The summed E-state index contributed by atoms with van der Waals surface area (Å²) >= 11 is 1.45. The molecule has 8 nitrogen and oxygen atoms in total. The largest absolute Gasteiger partial charge is 0.351 e. The van der Waals surface area contributed by atoms with Gasteiger partial charge in [-0.1, -0.05) is 18.2 Å². The Morgan fingerprint density at radius 3 is 2.34 bits per heavy atom. The molecule has 5 N–H and O–H groups in total. The number of carbonyl (C=O) groups is 2. The number of thiophene rings is 1. The standard InChI is InChI=1S/C19H18N4O4S2/c20-19(25)23-15-6-2-5-14(11-15)22-18(24)13-4-1-8-17(10-13)29(26,27)21-12-16-7-3-9-28-16/h1-11,21H,12H2,(H,22,24)(H3,20,23,25). The molecule has 3 amide bonds. The zero-order valence-electron chi connectivity index (χ0n) is 15.1. The highest BCUT2D eigenvalue weighted by atomic mass is 32.2. The summed E-state index contributed by atoms with van der Waals surface area (Å²) in [5.74, 6) is -0.489. The van der Waals surface area contributed by atoms with Gasteiger partial charge in [0.1, 0.15) is 0 Å². The Morgan fingerprint density at radius 2 is 1.66 bits per heavy atom. The van der Waals surface area contributed by atoms with E-state index in [0.29, 0.717) is 11.4 Å². The Labute approximate surface area is 171 Å². The van der Waals surface area contributed by atoms with Crippen molar-refractivity contribution >= 4 is 44.7 Å². The number of carbonyl (C=O) groups excluding carboxylic acids is 2. The lowest BCUT2D eigenvalue weighted by atomic mass is 10.2. The molecule has 0 saturated heterocycles. The fourth-order valence-corrected chi connectivity index (χ4v) is 4.28. The molecular weight excluding hydrogens is 412 g/mol. The number of nitrogens with two attached hydrogens (primary N) is 1. The van der Waals surface area contributed by atoms with Crippen LogP contribution in [0.15, 0.2) is 70.9 Å². The zero-order valence-corrected chi connectivity index (χ0v) is 16.7. The Bertz CT molecular complexity index is 1130. The van der Waals surface area contributed by atoms with E-state index >= 15 is 0 Å². The van der Waals surface area contributed by atoms with Crippen LogP contribution in [0.25, 0.3) is 0 Å². The van der Waals surface area contributed by atoms with Crippen LogP contribution >= 0.6 is 11.3 Å². The van der Waals surface area contributed by atoms with Crippen molar-refractivity contribution in [3.63, 3.8) is 0 Å².